The van der Waals surface area contributed by atoms with Gasteiger partial charge < -0.3 is 15.5 Å². The standard InChI is InChI=1S/C26H28FN9O/c27-20-4-8-36(16-20)25-18(13-28)11-19(14-32-25)24-3-5-30-26(34-24)33-22-2-1-21(31-15-22)12-23(37)17-35-9-6-29-7-10-35/h1-3,5,11,14-15,20,29H,4,6-10,12,16-17H2,(H,30,33,34)/t20-/m0/s1. The Balaban J connectivity index is 1.23. The second-order valence-corrected chi connectivity index (χ2v) is 9.21. The van der Waals surface area contributed by atoms with Crippen molar-refractivity contribution < 1.29 is 9.18 Å². The van der Waals surface area contributed by atoms with E-state index in [-0.39, 0.29) is 12.3 Å². The number of Topliss-reactive ketones (excluding diaryl/α,β-unsaturated/α-hetero) is 1. The molecule has 37 heavy (non-hydrogen) atoms. The zero-order valence-corrected chi connectivity index (χ0v) is 20.4. The van der Waals surface area contributed by atoms with E-state index in [0.29, 0.717) is 65.9 Å². The Kier molecular flexibility index (Phi) is 7.58. The molecule has 3 aromatic heterocycles. The summed E-state index contributed by atoms with van der Waals surface area (Å²) in [4.78, 5) is 34.0. The molecule has 3 aromatic rings. The fraction of sp³-hybridized carbons (Fsp3) is 0.385. The van der Waals surface area contributed by atoms with E-state index in [9.17, 15) is 14.4 Å². The van der Waals surface area contributed by atoms with Crippen molar-refractivity contribution in [3.8, 4) is 17.3 Å². The minimum atomic E-state index is -0.898. The number of hydrogen-bond acceptors (Lipinski definition) is 10. The second-order valence-electron chi connectivity index (χ2n) is 9.21. The lowest BCUT2D eigenvalue weighted by Gasteiger charge is -2.26. The quantitative estimate of drug-likeness (QED) is 0.474. The lowest BCUT2D eigenvalue weighted by molar-refractivity contribution is -0.119. The SMILES string of the molecule is N#Cc1cc(-c2ccnc(Nc3ccc(CC(=O)CN4CCNCC4)nc3)n2)cnc1N1CC[C@H](F)C1. The highest BCUT2D eigenvalue weighted by molar-refractivity contribution is 5.82. The topological polar surface area (TPSA) is 123 Å². The molecule has 2 N–H and O–H groups in total. The minimum Gasteiger partial charge on any atom is -0.352 e. The van der Waals surface area contributed by atoms with E-state index < -0.39 is 6.17 Å². The number of ketones is 1. The highest BCUT2D eigenvalue weighted by atomic mass is 19.1. The maximum Gasteiger partial charge on any atom is 0.227 e. The summed E-state index contributed by atoms with van der Waals surface area (Å²) in [6.07, 6.45) is 4.76. The number of nitriles is 1. The molecular formula is C26H28FN9O. The van der Waals surface area contributed by atoms with Gasteiger partial charge in [-0.05, 0) is 30.7 Å². The summed E-state index contributed by atoms with van der Waals surface area (Å²) in [5.74, 6) is 1.01. The summed E-state index contributed by atoms with van der Waals surface area (Å²) in [5.41, 5.74) is 3.05. The van der Waals surface area contributed by atoms with Crippen LogP contribution in [0.2, 0.25) is 0 Å². The Bertz CT molecular complexity index is 1290. The van der Waals surface area contributed by atoms with Crippen LogP contribution in [0.15, 0.2) is 42.9 Å². The van der Waals surface area contributed by atoms with E-state index in [4.69, 9.17) is 0 Å². The van der Waals surface area contributed by atoms with Crippen LogP contribution in [0.1, 0.15) is 17.7 Å². The van der Waals surface area contributed by atoms with Gasteiger partial charge in [0.2, 0.25) is 5.95 Å². The molecule has 5 heterocycles. The van der Waals surface area contributed by atoms with Crippen LogP contribution in [0.3, 0.4) is 0 Å². The molecule has 0 aromatic carbocycles. The van der Waals surface area contributed by atoms with E-state index in [1.54, 1.807) is 35.6 Å². The summed E-state index contributed by atoms with van der Waals surface area (Å²) in [7, 11) is 0. The van der Waals surface area contributed by atoms with Gasteiger partial charge in [-0.25, -0.2) is 19.3 Å². The number of pyridine rings is 2. The van der Waals surface area contributed by atoms with Crippen molar-refractivity contribution in [3.63, 3.8) is 0 Å². The van der Waals surface area contributed by atoms with Gasteiger partial charge in [0.1, 0.15) is 18.1 Å². The zero-order chi connectivity index (χ0) is 25.6. The Hall–Kier alpha value is -4.01. The molecule has 2 saturated heterocycles. The molecule has 2 aliphatic heterocycles. The molecule has 0 bridgehead atoms. The van der Waals surface area contributed by atoms with E-state index in [1.165, 1.54) is 0 Å². The third kappa shape index (κ3) is 6.22. The highest BCUT2D eigenvalue weighted by Crippen LogP contribution is 2.27. The van der Waals surface area contributed by atoms with Crippen molar-refractivity contribution in [3.05, 3.63) is 54.1 Å². The molecule has 190 valence electrons. The molecule has 0 amide bonds. The Morgan fingerprint density at radius 1 is 1.16 bits per heavy atom. The summed E-state index contributed by atoms with van der Waals surface area (Å²) >= 11 is 0. The zero-order valence-electron chi connectivity index (χ0n) is 20.4. The first kappa shape index (κ1) is 24.7. The van der Waals surface area contributed by atoms with Crippen molar-refractivity contribution in [1.82, 2.24) is 30.2 Å². The Labute approximate surface area is 214 Å². The first-order chi connectivity index (χ1) is 18.1. The Morgan fingerprint density at radius 2 is 2.03 bits per heavy atom. The van der Waals surface area contributed by atoms with Gasteiger partial charge in [0.25, 0.3) is 0 Å². The summed E-state index contributed by atoms with van der Waals surface area (Å²) < 4.78 is 13.6. The van der Waals surface area contributed by atoms with Crippen LogP contribution in [0.4, 0.5) is 21.8 Å². The number of nitrogens with one attached hydrogen (secondary N) is 2. The number of carbonyl (C=O) groups excluding carboxylic acids is 1. The minimum absolute atomic E-state index is 0.150. The van der Waals surface area contributed by atoms with Crippen LogP contribution >= 0.6 is 0 Å². The number of halogens is 1. The number of rotatable bonds is 8. The van der Waals surface area contributed by atoms with E-state index in [2.05, 4.69) is 41.5 Å². The smallest absolute Gasteiger partial charge is 0.227 e. The molecular weight excluding hydrogens is 473 g/mol. The number of piperazine rings is 1. The fourth-order valence-corrected chi connectivity index (χ4v) is 4.53. The molecule has 0 unspecified atom stereocenters. The largest absolute Gasteiger partial charge is 0.352 e. The average molecular weight is 502 g/mol. The molecule has 0 radical (unpaired) electrons. The predicted molar refractivity (Wildman–Crippen MR) is 137 cm³/mol. The van der Waals surface area contributed by atoms with E-state index in [1.807, 2.05) is 12.1 Å². The third-order valence-electron chi connectivity index (χ3n) is 6.44. The van der Waals surface area contributed by atoms with Gasteiger partial charge in [0.15, 0.2) is 5.78 Å². The highest BCUT2D eigenvalue weighted by Gasteiger charge is 2.25. The van der Waals surface area contributed by atoms with Crippen molar-refractivity contribution in [1.29, 1.82) is 5.26 Å². The van der Waals surface area contributed by atoms with Crippen molar-refractivity contribution in [2.75, 3.05) is 56.0 Å². The number of hydrogen-bond donors (Lipinski definition) is 2. The number of nitrogens with zero attached hydrogens (tertiary/aromatic N) is 7. The van der Waals surface area contributed by atoms with Crippen LogP contribution in [0.25, 0.3) is 11.3 Å². The van der Waals surface area contributed by atoms with Crippen molar-refractivity contribution in [2.24, 2.45) is 0 Å². The van der Waals surface area contributed by atoms with Gasteiger partial charge >= 0.3 is 0 Å². The lowest BCUT2D eigenvalue weighted by atomic mass is 10.1. The van der Waals surface area contributed by atoms with Crippen LogP contribution in [0.5, 0.6) is 0 Å². The van der Waals surface area contributed by atoms with E-state index in [0.717, 1.165) is 26.2 Å². The van der Waals surface area contributed by atoms with Gasteiger partial charge in [0.05, 0.1) is 42.7 Å². The third-order valence-corrected chi connectivity index (χ3v) is 6.44. The normalized spacial score (nSPS) is 17.9. The maximum atomic E-state index is 13.6. The van der Waals surface area contributed by atoms with Gasteiger partial charge in [-0.2, -0.15) is 5.26 Å². The van der Waals surface area contributed by atoms with Crippen LogP contribution < -0.4 is 15.5 Å². The first-order valence-corrected chi connectivity index (χ1v) is 12.4. The van der Waals surface area contributed by atoms with Crippen LogP contribution in [-0.4, -0.2) is 82.6 Å². The summed E-state index contributed by atoms with van der Waals surface area (Å²) in [6.45, 7) is 4.84. The number of anilines is 3. The summed E-state index contributed by atoms with van der Waals surface area (Å²) in [6, 6.07) is 9.29. The second kappa shape index (κ2) is 11.4. The molecule has 5 rings (SSSR count). The molecule has 1 atom stereocenters. The van der Waals surface area contributed by atoms with Gasteiger partial charge in [-0.15, -0.1) is 0 Å². The lowest BCUT2D eigenvalue weighted by Crippen LogP contribution is -2.45. The van der Waals surface area contributed by atoms with Gasteiger partial charge in [-0.1, -0.05) is 0 Å². The predicted octanol–water partition coefficient (Wildman–Crippen LogP) is 2.11. The van der Waals surface area contributed by atoms with Gasteiger partial charge in [-0.3, -0.25) is 14.7 Å². The van der Waals surface area contributed by atoms with Crippen molar-refractivity contribution in [2.45, 2.75) is 19.0 Å². The molecule has 10 nitrogen and oxygen atoms in total. The van der Waals surface area contributed by atoms with Crippen LogP contribution in [0, 0.1) is 11.3 Å². The molecule has 2 fully saturated rings. The summed E-state index contributed by atoms with van der Waals surface area (Å²) in [5, 5.41) is 16.0. The number of aromatic nitrogens is 4. The molecule has 0 saturated carbocycles. The molecule has 11 heteroatoms. The Morgan fingerprint density at radius 3 is 2.76 bits per heavy atom. The average Bonchev–Trinajstić information content (AvgIpc) is 3.36. The maximum absolute atomic E-state index is 13.6. The first-order valence-electron chi connectivity index (χ1n) is 12.4. The van der Waals surface area contributed by atoms with E-state index >= 15 is 0 Å². The number of alkyl halides is 1. The fourth-order valence-electron chi connectivity index (χ4n) is 4.53. The van der Waals surface area contributed by atoms with Gasteiger partial charge in [0, 0.05) is 56.4 Å². The molecule has 0 spiro atoms. The molecule has 2 aliphatic rings. The van der Waals surface area contributed by atoms with Crippen LogP contribution in [-0.2, 0) is 11.2 Å². The van der Waals surface area contributed by atoms with Crippen molar-refractivity contribution >= 4 is 23.2 Å². The number of carbonyl (C=O) groups is 1. The molecule has 0 aliphatic carbocycles. The monoisotopic (exact) mass is 501 g/mol.